The minimum absolute atomic E-state index is 0.627. The number of benzene rings is 2. The van der Waals surface area contributed by atoms with E-state index in [1.807, 2.05) is 49.4 Å². The molecule has 2 aromatic rings. The first kappa shape index (κ1) is 13.4. The van der Waals surface area contributed by atoms with Gasteiger partial charge in [0.25, 0.3) is 0 Å². The normalized spacial score (nSPS) is 11.9. The maximum absolute atomic E-state index is 9.55. The van der Waals surface area contributed by atoms with Crippen LogP contribution in [0.5, 0.6) is 17.2 Å². The van der Waals surface area contributed by atoms with E-state index in [-0.39, 0.29) is 0 Å². The van der Waals surface area contributed by atoms with Crippen LogP contribution in [0.15, 0.2) is 54.6 Å². The highest BCUT2D eigenvalue weighted by Crippen LogP contribution is 2.24. The van der Waals surface area contributed by atoms with Crippen LogP contribution in [0, 0.1) is 0 Å². The van der Waals surface area contributed by atoms with Crippen LogP contribution < -0.4 is 9.47 Å². The van der Waals surface area contributed by atoms with Gasteiger partial charge >= 0.3 is 0 Å². The molecule has 0 amide bonds. The number of aliphatic hydroxyl groups is 1. The first-order valence-corrected chi connectivity index (χ1v) is 6.45. The molecule has 0 saturated carbocycles. The van der Waals surface area contributed by atoms with Crippen molar-refractivity contribution in [3.8, 4) is 17.2 Å². The van der Waals surface area contributed by atoms with Gasteiger partial charge in [-0.25, -0.2) is 0 Å². The summed E-state index contributed by atoms with van der Waals surface area (Å²) in [4.78, 5) is 0. The molecular weight excluding hydrogens is 240 g/mol. The molecule has 0 spiro atoms. The quantitative estimate of drug-likeness (QED) is 0.797. The van der Waals surface area contributed by atoms with Gasteiger partial charge in [-0.3, -0.25) is 0 Å². The minimum Gasteiger partial charge on any atom is -0.465 e. The van der Waals surface area contributed by atoms with Crippen LogP contribution in [0.4, 0.5) is 0 Å². The van der Waals surface area contributed by atoms with Crippen molar-refractivity contribution >= 4 is 0 Å². The average molecular weight is 258 g/mol. The Morgan fingerprint density at radius 1 is 0.895 bits per heavy atom. The molecule has 0 bridgehead atoms. The van der Waals surface area contributed by atoms with Gasteiger partial charge in [0.1, 0.15) is 17.2 Å². The van der Waals surface area contributed by atoms with Crippen molar-refractivity contribution in [2.24, 2.45) is 0 Å². The lowest BCUT2D eigenvalue weighted by molar-refractivity contribution is -0.0233. The van der Waals surface area contributed by atoms with E-state index in [1.54, 1.807) is 12.1 Å². The van der Waals surface area contributed by atoms with Gasteiger partial charge in [0.2, 0.25) is 0 Å². The van der Waals surface area contributed by atoms with Crippen LogP contribution in [0.2, 0.25) is 0 Å². The van der Waals surface area contributed by atoms with Crippen molar-refractivity contribution in [1.82, 2.24) is 0 Å². The summed E-state index contributed by atoms with van der Waals surface area (Å²) in [5.74, 6) is 2.17. The summed E-state index contributed by atoms with van der Waals surface area (Å²) in [5, 5.41) is 9.55. The second-order valence-electron chi connectivity index (χ2n) is 4.25. The zero-order chi connectivity index (χ0) is 13.5. The minimum atomic E-state index is -0.745. The van der Waals surface area contributed by atoms with E-state index in [2.05, 4.69) is 0 Å². The van der Waals surface area contributed by atoms with Crippen LogP contribution in [0.1, 0.15) is 19.8 Å². The molecule has 1 atom stereocenters. The largest absolute Gasteiger partial charge is 0.465 e. The molecule has 0 aliphatic carbocycles. The van der Waals surface area contributed by atoms with Crippen LogP contribution in [0.3, 0.4) is 0 Å². The second-order valence-corrected chi connectivity index (χ2v) is 4.25. The Morgan fingerprint density at radius 2 is 1.47 bits per heavy atom. The Kier molecular flexibility index (Phi) is 4.81. The third-order valence-corrected chi connectivity index (χ3v) is 2.61. The maximum Gasteiger partial charge on any atom is 0.197 e. The monoisotopic (exact) mass is 258 g/mol. The van der Waals surface area contributed by atoms with E-state index in [0.717, 1.165) is 17.9 Å². The Bertz CT molecular complexity index is 479. The Balaban J connectivity index is 1.95. The first-order chi connectivity index (χ1) is 9.28. The van der Waals surface area contributed by atoms with Crippen LogP contribution in [-0.2, 0) is 0 Å². The number of rotatable bonds is 6. The van der Waals surface area contributed by atoms with Gasteiger partial charge in [-0.1, -0.05) is 31.5 Å². The number of para-hydroxylation sites is 1. The molecule has 1 unspecified atom stereocenters. The molecule has 2 rings (SSSR count). The Labute approximate surface area is 113 Å². The van der Waals surface area contributed by atoms with E-state index in [9.17, 15) is 5.11 Å². The standard InChI is InChI=1S/C16H18O3/c1-2-6-16(17)19-15-11-9-14(10-12-15)18-13-7-4-3-5-8-13/h3-5,7-12,16-17H,2,6H2,1H3. The van der Waals surface area contributed by atoms with Crippen molar-refractivity contribution in [1.29, 1.82) is 0 Å². The summed E-state index contributed by atoms with van der Waals surface area (Å²) in [7, 11) is 0. The summed E-state index contributed by atoms with van der Waals surface area (Å²) >= 11 is 0. The molecular formula is C16H18O3. The smallest absolute Gasteiger partial charge is 0.197 e. The van der Waals surface area contributed by atoms with Gasteiger partial charge in [-0.2, -0.15) is 0 Å². The van der Waals surface area contributed by atoms with Crippen molar-refractivity contribution in [3.05, 3.63) is 54.6 Å². The molecule has 0 heterocycles. The molecule has 3 heteroatoms. The Morgan fingerprint density at radius 3 is 2.11 bits per heavy atom. The third-order valence-electron chi connectivity index (χ3n) is 2.61. The summed E-state index contributed by atoms with van der Waals surface area (Å²) in [6.07, 6.45) is 0.768. The molecule has 0 radical (unpaired) electrons. The van der Waals surface area contributed by atoms with Gasteiger partial charge in [0, 0.05) is 6.42 Å². The van der Waals surface area contributed by atoms with Crippen molar-refractivity contribution in [3.63, 3.8) is 0 Å². The summed E-state index contributed by atoms with van der Waals surface area (Å²) in [6, 6.07) is 16.8. The van der Waals surface area contributed by atoms with Gasteiger partial charge < -0.3 is 14.6 Å². The van der Waals surface area contributed by atoms with Gasteiger partial charge in [0.15, 0.2) is 6.29 Å². The molecule has 0 aliphatic heterocycles. The lowest BCUT2D eigenvalue weighted by Crippen LogP contribution is -2.14. The van der Waals surface area contributed by atoms with Crippen LogP contribution in [-0.4, -0.2) is 11.4 Å². The predicted molar refractivity (Wildman–Crippen MR) is 74.5 cm³/mol. The van der Waals surface area contributed by atoms with Gasteiger partial charge in [-0.15, -0.1) is 0 Å². The highest BCUT2D eigenvalue weighted by atomic mass is 16.6. The lowest BCUT2D eigenvalue weighted by atomic mass is 10.3. The molecule has 0 aliphatic rings. The highest BCUT2D eigenvalue weighted by molar-refractivity contribution is 5.35. The zero-order valence-electron chi connectivity index (χ0n) is 11.0. The molecule has 19 heavy (non-hydrogen) atoms. The maximum atomic E-state index is 9.55. The molecule has 0 aromatic heterocycles. The first-order valence-electron chi connectivity index (χ1n) is 6.45. The van der Waals surface area contributed by atoms with Crippen molar-refractivity contribution in [2.45, 2.75) is 26.1 Å². The van der Waals surface area contributed by atoms with Gasteiger partial charge in [-0.05, 0) is 36.4 Å². The third kappa shape index (κ3) is 4.30. The molecule has 1 N–H and O–H groups in total. The van der Waals surface area contributed by atoms with E-state index in [0.29, 0.717) is 12.2 Å². The van der Waals surface area contributed by atoms with E-state index >= 15 is 0 Å². The average Bonchev–Trinajstić information content (AvgIpc) is 2.42. The number of hydrogen-bond acceptors (Lipinski definition) is 3. The second kappa shape index (κ2) is 6.81. The van der Waals surface area contributed by atoms with Crippen molar-refractivity contribution < 1.29 is 14.6 Å². The van der Waals surface area contributed by atoms with Gasteiger partial charge in [0.05, 0.1) is 0 Å². The van der Waals surface area contributed by atoms with Crippen molar-refractivity contribution in [2.75, 3.05) is 0 Å². The van der Waals surface area contributed by atoms with E-state index in [4.69, 9.17) is 9.47 Å². The number of hydrogen-bond donors (Lipinski definition) is 1. The molecule has 0 fully saturated rings. The predicted octanol–water partition coefficient (Wildman–Crippen LogP) is 3.98. The molecule has 100 valence electrons. The molecule has 2 aromatic carbocycles. The number of aliphatic hydroxyl groups excluding tert-OH is 1. The number of ether oxygens (including phenoxy) is 2. The molecule has 0 saturated heterocycles. The summed E-state index contributed by atoms with van der Waals surface area (Å²) in [6.45, 7) is 2.00. The Hall–Kier alpha value is -2.00. The zero-order valence-corrected chi connectivity index (χ0v) is 11.0. The van der Waals surface area contributed by atoms with E-state index < -0.39 is 6.29 Å². The summed E-state index contributed by atoms with van der Waals surface area (Å²) in [5.41, 5.74) is 0. The highest BCUT2D eigenvalue weighted by Gasteiger charge is 2.04. The van der Waals surface area contributed by atoms with Crippen LogP contribution in [0.25, 0.3) is 0 Å². The SMILES string of the molecule is CCCC(O)Oc1ccc(Oc2ccccc2)cc1. The lowest BCUT2D eigenvalue weighted by Gasteiger charge is -2.13. The molecule has 3 nitrogen and oxygen atoms in total. The summed E-state index contributed by atoms with van der Waals surface area (Å²) < 4.78 is 11.0. The topological polar surface area (TPSA) is 38.7 Å². The fraction of sp³-hybridized carbons (Fsp3) is 0.250. The fourth-order valence-corrected chi connectivity index (χ4v) is 1.67. The van der Waals surface area contributed by atoms with Crippen LogP contribution >= 0.6 is 0 Å². The fourth-order valence-electron chi connectivity index (χ4n) is 1.67. The van der Waals surface area contributed by atoms with E-state index in [1.165, 1.54) is 0 Å².